The molecule has 0 aliphatic heterocycles. The predicted molar refractivity (Wildman–Crippen MR) is 43.2 cm³/mol. The molecule has 0 saturated carbocycles. The molecule has 1 aromatic rings. The van der Waals surface area contributed by atoms with Crippen molar-refractivity contribution in [2.45, 2.75) is 12.0 Å². The Kier molecular flexibility index (Phi) is 2.90. The summed E-state index contributed by atoms with van der Waals surface area (Å²) >= 11 is 0. The zero-order valence-corrected chi connectivity index (χ0v) is 6.82. The van der Waals surface area contributed by atoms with E-state index in [1.165, 1.54) is 24.5 Å². The van der Waals surface area contributed by atoms with Crippen LogP contribution < -0.4 is 5.73 Å². The van der Waals surface area contributed by atoms with Gasteiger partial charge in [0.2, 0.25) is 0 Å². The van der Waals surface area contributed by atoms with Gasteiger partial charge in [0.1, 0.15) is 6.61 Å². The third-order valence-corrected chi connectivity index (χ3v) is 1.71. The Morgan fingerprint density at radius 2 is 2.31 bits per heavy atom. The lowest BCUT2D eigenvalue weighted by atomic mass is 10.0. The minimum atomic E-state index is -3.30. The standard InChI is InChI=1S/C8H10F2N2O/c9-8(10,5-13)7(11)6-2-1-3-12-4-6/h1-4,7,13H,5,11H2. The molecule has 0 aliphatic rings. The normalized spacial score (nSPS) is 14.2. The fourth-order valence-electron chi connectivity index (χ4n) is 0.902. The van der Waals surface area contributed by atoms with Crippen LogP contribution in [0.2, 0.25) is 0 Å². The van der Waals surface area contributed by atoms with Gasteiger partial charge in [-0.15, -0.1) is 0 Å². The number of aromatic nitrogens is 1. The average molecular weight is 188 g/mol. The van der Waals surface area contributed by atoms with Crippen molar-refractivity contribution in [3.8, 4) is 0 Å². The maximum absolute atomic E-state index is 12.8. The molecular weight excluding hydrogens is 178 g/mol. The number of nitrogens with zero attached hydrogens (tertiary/aromatic N) is 1. The Labute approximate surface area is 74.2 Å². The van der Waals surface area contributed by atoms with E-state index in [0.717, 1.165) is 0 Å². The first-order valence-electron chi connectivity index (χ1n) is 3.72. The topological polar surface area (TPSA) is 59.1 Å². The molecule has 0 aliphatic carbocycles. The molecule has 3 N–H and O–H groups in total. The van der Waals surface area contributed by atoms with Crippen LogP contribution >= 0.6 is 0 Å². The van der Waals surface area contributed by atoms with Gasteiger partial charge in [-0.2, -0.15) is 0 Å². The molecule has 1 aromatic heterocycles. The van der Waals surface area contributed by atoms with Gasteiger partial charge in [0.15, 0.2) is 0 Å². The molecular formula is C8H10F2N2O. The van der Waals surface area contributed by atoms with Crippen molar-refractivity contribution in [3.05, 3.63) is 30.1 Å². The fraction of sp³-hybridized carbons (Fsp3) is 0.375. The SMILES string of the molecule is NC(c1cccnc1)C(F)(F)CO. The van der Waals surface area contributed by atoms with E-state index < -0.39 is 18.6 Å². The summed E-state index contributed by atoms with van der Waals surface area (Å²) in [6.45, 7) is -1.26. The molecule has 1 heterocycles. The summed E-state index contributed by atoms with van der Waals surface area (Å²) in [7, 11) is 0. The number of hydrogen-bond donors (Lipinski definition) is 2. The Morgan fingerprint density at radius 3 is 2.77 bits per heavy atom. The van der Waals surface area contributed by atoms with Gasteiger partial charge in [0.05, 0.1) is 6.04 Å². The van der Waals surface area contributed by atoms with E-state index in [4.69, 9.17) is 10.8 Å². The van der Waals surface area contributed by atoms with Crippen molar-refractivity contribution in [2.24, 2.45) is 5.73 Å². The number of pyridine rings is 1. The molecule has 0 saturated heterocycles. The maximum Gasteiger partial charge on any atom is 0.289 e. The number of alkyl halides is 2. The molecule has 72 valence electrons. The summed E-state index contributed by atoms with van der Waals surface area (Å²) in [4.78, 5) is 3.66. The quantitative estimate of drug-likeness (QED) is 0.734. The summed E-state index contributed by atoms with van der Waals surface area (Å²) in [5, 5.41) is 8.38. The molecule has 1 unspecified atom stereocenters. The van der Waals surface area contributed by atoms with Gasteiger partial charge in [-0.05, 0) is 11.6 Å². The second-order valence-electron chi connectivity index (χ2n) is 2.68. The Balaban J connectivity index is 2.85. The highest BCUT2D eigenvalue weighted by Crippen LogP contribution is 2.27. The van der Waals surface area contributed by atoms with E-state index in [1.807, 2.05) is 0 Å². The van der Waals surface area contributed by atoms with E-state index in [0.29, 0.717) is 0 Å². The van der Waals surface area contributed by atoms with Crippen molar-refractivity contribution in [1.82, 2.24) is 4.98 Å². The van der Waals surface area contributed by atoms with Gasteiger partial charge in [-0.1, -0.05) is 6.07 Å². The van der Waals surface area contributed by atoms with E-state index in [2.05, 4.69) is 4.98 Å². The monoisotopic (exact) mass is 188 g/mol. The molecule has 0 spiro atoms. The number of aliphatic hydroxyl groups excluding tert-OH is 1. The second-order valence-corrected chi connectivity index (χ2v) is 2.68. The number of hydrogen-bond acceptors (Lipinski definition) is 3. The summed E-state index contributed by atoms with van der Waals surface area (Å²) in [6, 6.07) is 1.45. The lowest BCUT2D eigenvalue weighted by Crippen LogP contribution is -2.36. The van der Waals surface area contributed by atoms with Crippen LogP contribution in [0.5, 0.6) is 0 Å². The molecule has 0 fully saturated rings. The lowest BCUT2D eigenvalue weighted by molar-refractivity contribution is -0.0712. The molecule has 0 bridgehead atoms. The zero-order valence-electron chi connectivity index (χ0n) is 6.82. The third kappa shape index (κ3) is 2.19. The average Bonchev–Trinajstić information content (AvgIpc) is 2.18. The fourth-order valence-corrected chi connectivity index (χ4v) is 0.902. The van der Waals surface area contributed by atoms with Crippen molar-refractivity contribution < 1.29 is 13.9 Å². The molecule has 13 heavy (non-hydrogen) atoms. The van der Waals surface area contributed by atoms with Gasteiger partial charge in [-0.3, -0.25) is 4.98 Å². The highest BCUT2D eigenvalue weighted by atomic mass is 19.3. The van der Waals surface area contributed by atoms with Crippen molar-refractivity contribution >= 4 is 0 Å². The smallest absolute Gasteiger partial charge is 0.289 e. The lowest BCUT2D eigenvalue weighted by Gasteiger charge is -2.20. The number of nitrogens with two attached hydrogens (primary N) is 1. The summed E-state index contributed by atoms with van der Waals surface area (Å²) in [5.74, 6) is -3.30. The van der Waals surface area contributed by atoms with Crippen LogP contribution in [0.3, 0.4) is 0 Å². The van der Waals surface area contributed by atoms with Crippen LogP contribution in [0.4, 0.5) is 8.78 Å². The first kappa shape index (κ1) is 10.0. The van der Waals surface area contributed by atoms with E-state index in [-0.39, 0.29) is 5.56 Å². The van der Waals surface area contributed by atoms with E-state index in [9.17, 15) is 8.78 Å². The second kappa shape index (κ2) is 3.76. The number of aliphatic hydroxyl groups is 1. The van der Waals surface area contributed by atoms with Crippen LogP contribution in [0.15, 0.2) is 24.5 Å². The minimum absolute atomic E-state index is 0.210. The van der Waals surface area contributed by atoms with E-state index >= 15 is 0 Å². The molecule has 1 rings (SSSR count). The summed E-state index contributed by atoms with van der Waals surface area (Å²) in [5.41, 5.74) is 5.44. The Bertz CT molecular complexity index is 266. The first-order chi connectivity index (χ1) is 6.08. The van der Waals surface area contributed by atoms with Crippen LogP contribution in [-0.4, -0.2) is 22.6 Å². The number of halogens is 2. The largest absolute Gasteiger partial charge is 0.390 e. The first-order valence-corrected chi connectivity index (χ1v) is 3.72. The Hall–Kier alpha value is -1.07. The summed E-state index contributed by atoms with van der Waals surface area (Å²) in [6.07, 6.45) is 2.72. The molecule has 0 radical (unpaired) electrons. The van der Waals surface area contributed by atoms with Gasteiger partial charge >= 0.3 is 0 Å². The number of rotatable bonds is 3. The minimum Gasteiger partial charge on any atom is -0.390 e. The zero-order chi connectivity index (χ0) is 9.90. The molecule has 0 amide bonds. The maximum atomic E-state index is 12.8. The molecule has 0 aromatic carbocycles. The van der Waals surface area contributed by atoms with Crippen molar-refractivity contribution in [2.75, 3.05) is 6.61 Å². The van der Waals surface area contributed by atoms with Crippen LogP contribution in [0.25, 0.3) is 0 Å². The molecule has 3 nitrogen and oxygen atoms in total. The van der Waals surface area contributed by atoms with Gasteiger partial charge in [0, 0.05) is 12.4 Å². The van der Waals surface area contributed by atoms with E-state index in [1.54, 1.807) is 0 Å². The van der Waals surface area contributed by atoms with Crippen LogP contribution in [0, 0.1) is 0 Å². The molecule has 1 atom stereocenters. The van der Waals surface area contributed by atoms with Crippen molar-refractivity contribution in [3.63, 3.8) is 0 Å². The molecule has 5 heteroatoms. The van der Waals surface area contributed by atoms with Gasteiger partial charge in [0.25, 0.3) is 5.92 Å². The highest BCUT2D eigenvalue weighted by molar-refractivity contribution is 5.16. The third-order valence-electron chi connectivity index (χ3n) is 1.71. The Morgan fingerprint density at radius 1 is 1.62 bits per heavy atom. The predicted octanol–water partition coefficient (Wildman–Crippen LogP) is 0.709. The van der Waals surface area contributed by atoms with Crippen LogP contribution in [-0.2, 0) is 0 Å². The van der Waals surface area contributed by atoms with Gasteiger partial charge in [-0.25, -0.2) is 8.78 Å². The summed E-state index contributed by atoms with van der Waals surface area (Å²) < 4.78 is 25.7. The van der Waals surface area contributed by atoms with Crippen LogP contribution in [0.1, 0.15) is 11.6 Å². The highest BCUT2D eigenvalue weighted by Gasteiger charge is 2.37. The van der Waals surface area contributed by atoms with Gasteiger partial charge < -0.3 is 10.8 Å². The van der Waals surface area contributed by atoms with Crippen molar-refractivity contribution in [1.29, 1.82) is 0 Å².